The molecule has 238 valence electrons. The number of fused-ring (bicyclic) bond motifs is 2. The van der Waals surface area contributed by atoms with Crippen LogP contribution in [0.25, 0.3) is 0 Å². The van der Waals surface area contributed by atoms with E-state index in [1.54, 1.807) is 40.0 Å². The van der Waals surface area contributed by atoms with E-state index in [9.17, 15) is 19.5 Å². The maximum Gasteiger partial charge on any atom is 0.338 e. The van der Waals surface area contributed by atoms with Crippen LogP contribution in [0.1, 0.15) is 108 Å². The SMILES string of the molecule is COc1cc(C)c(OC2CCC(O)(C(=O)OC(C)(C)C)CC2)cc1C(=O)N[C@@H]1[C@H]2CC[C@H](C2)[C@@H]1C(=O)NCC1(C)CCC1. The Kier molecular flexibility index (Phi) is 8.78. The number of nitrogens with one attached hydrogen (secondary N) is 2. The summed E-state index contributed by atoms with van der Waals surface area (Å²) in [5.41, 5.74) is -0.805. The number of carbonyl (C=O) groups is 3. The molecule has 4 aliphatic carbocycles. The quantitative estimate of drug-likeness (QED) is 0.347. The summed E-state index contributed by atoms with van der Waals surface area (Å²) in [6.07, 6.45) is 7.74. The van der Waals surface area contributed by atoms with Crippen LogP contribution < -0.4 is 20.1 Å². The van der Waals surface area contributed by atoms with Crippen LogP contribution in [-0.2, 0) is 14.3 Å². The molecule has 5 rings (SSSR count). The number of aryl methyl sites for hydroxylation is 1. The first-order chi connectivity index (χ1) is 20.2. The fourth-order valence-corrected chi connectivity index (χ4v) is 7.56. The number of ether oxygens (including phenoxy) is 3. The van der Waals surface area contributed by atoms with Crippen molar-refractivity contribution in [1.29, 1.82) is 0 Å². The van der Waals surface area contributed by atoms with Crippen molar-refractivity contribution in [3.05, 3.63) is 23.3 Å². The summed E-state index contributed by atoms with van der Waals surface area (Å²) in [6.45, 7) is 10.2. The van der Waals surface area contributed by atoms with Gasteiger partial charge in [0.15, 0.2) is 5.60 Å². The molecule has 4 saturated carbocycles. The second-order valence-electron chi connectivity index (χ2n) is 14.9. The topological polar surface area (TPSA) is 123 Å². The van der Waals surface area contributed by atoms with Gasteiger partial charge in [0.05, 0.1) is 24.7 Å². The second kappa shape index (κ2) is 11.9. The molecule has 0 radical (unpaired) electrons. The van der Waals surface area contributed by atoms with E-state index in [-0.39, 0.29) is 48.1 Å². The molecule has 9 heteroatoms. The van der Waals surface area contributed by atoms with Gasteiger partial charge in [-0.1, -0.05) is 13.3 Å². The maximum absolute atomic E-state index is 13.8. The lowest BCUT2D eigenvalue weighted by Crippen LogP contribution is -2.51. The largest absolute Gasteiger partial charge is 0.496 e. The number of aliphatic hydroxyl groups is 1. The first kappa shape index (κ1) is 31.6. The normalized spacial score (nSPS) is 31.1. The molecule has 3 N–H and O–H groups in total. The van der Waals surface area contributed by atoms with Crippen molar-refractivity contribution >= 4 is 17.8 Å². The summed E-state index contributed by atoms with van der Waals surface area (Å²) in [5.74, 6) is 0.588. The number of hydrogen-bond donors (Lipinski definition) is 3. The summed E-state index contributed by atoms with van der Waals surface area (Å²) >= 11 is 0. The summed E-state index contributed by atoms with van der Waals surface area (Å²) < 4.78 is 17.4. The van der Waals surface area contributed by atoms with Gasteiger partial charge in [-0.05, 0) is 120 Å². The highest BCUT2D eigenvalue weighted by atomic mass is 16.6. The Morgan fingerprint density at radius 3 is 2.28 bits per heavy atom. The number of amides is 2. The minimum Gasteiger partial charge on any atom is -0.496 e. The Morgan fingerprint density at radius 1 is 1.00 bits per heavy atom. The molecule has 4 fully saturated rings. The lowest BCUT2D eigenvalue weighted by molar-refractivity contribution is -0.182. The predicted molar refractivity (Wildman–Crippen MR) is 162 cm³/mol. The van der Waals surface area contributed by atoms with Crippen LogP contribution in [-0.4, -0.2) is 59.9 Å². The van der Waals surface area contributed by atoms with Gasteiger partial charge in [0, 0.05) is 12.6 Å². The van der Waals surface area contributed by atoms with Crippen molar-refractivity contribution in [2.24, 2.45) is 23.2 Å². The van der Waals surface area contributed by atoms with Gasteiger partial charge < -0.3 is 30.0 Å². The monoisotopic (exact) mass is 598 g/mol. The number of carbonyl (C=O) groups excluding carboxylic acids is 3. The Hall–Kier alpha value is -2.81. The molecule has 1 aromatic carbocycles. The highest BCUT2D eigenvalue weighted by molar-refractivity contribution is 5.98. The van der Waals surface area contributed by atoms with Gasteiger partial charge in [0.25, 0.3) is 5.91 Å². The Balaban J connectivity index is 1.25. The van der Waals surface area contributed by atoms with Crippen molar-refractivity contribution in [3.8, 4) is 11.5 Å². The van der Waals surface area contributed by atoms with Crippen LogP contribution >= 0.6 is 0 Å². The summed E-state index contributed by atoms with van der Waals surface area (Å²) in [7, 11) is 1.54. The van der Waals surface area contributed by atoms with Gasteiger partial charge in [0.1, 0.15) is 17.1 Å². The standard InChI is InChI=1S/C34H50N2O7/c1-20-16-26(41-6)24(18-25(20)42-23-10-14-34(40,15-11-23)31(39)43-32(2,3)4)29(37)36-28-22-9-8-21(17-22)27(28)30(38)35-19-33(5)12-7-13-33/h16,18,21-23,27-28,40H,7-15,17,19H2,1-6H3,(H,35,38)(H,36,37)/t21-,22+,23?,27+,28-,34?/m1/s1. The molecule has 9 nitrogen and oxygen atoms in total. The van der Waals surface area contributed by atoms with E-state index < -0.39 is 17.2 Å². The molecule has 4 atom stereocenters. The van der Waals surface area contributed by atoms with Gasteiger partial charge in [-0.2, -0.15) is 0 Å². The minimum absolute atomic E-state index is 0.0640. The highest BCUT2D eigenvalue weighted by Crippen LogP contribution is 2.49. The maximum atomic E-state index is 13.8. The minimum atomic E-state index is -1.52. The van der Waals surface area contributed by atoms with Crippen LogP contribution in [0.2, 0.25) is 0 Å². The van der Waals surface area contributed by atoms with Crippen LogP contribution in [0.4, 0.5) is 0 Å². The van der Waals surface area contributed by atoms with Crippen molar-refractivity contribution in [3.63, 3.8) is 0 Å². The second-order valence-corrected chi connectivity index (χ2v) is 14.9. The third-order valence-electron chi connectivity index (χ3n) is 10.3. The van der Waals surface area contributed by atoms with Crippen molar-refractivity contribution in [2.75, 3.05) is 13.7 Å². The fraction of sp³-hybridized carbons (Fsp3) is 0.735. The zero-order valence-electron chi connectivity index (χ0n) is 26.7. The van der Waals surface area contributed by atoms with E-state index in [4.69, 9.17) is 14.2 Å². The molecule has 0 saturated heterocycles. The molecular weight excluding hydrogens is 548 g/mol. The van der Waals surface area contributed by atoms with Gasteiger partial charge >= 0.3 is 5.97 Å². The third-order valence-corrected chi connectivity index (χ3v) is 10.3. The molecule has 0 spiro atoms. The third kappa shape index (κ3) is 6.81. The molecule has 0 aromatic heterocycles. The zero-order chi connectivity index (χ0) is 31.2. The molecule has 4 aliphatic rings. The molecule has 2 bridgehead atoms. The van der Waals surface area contributed by atoms with Crippen molar-refractivity contribution in [2.45, 2.75) is 122 Å². The lowest BCUT2D eigenvalue weighted by Gasteiger charge is -2.39. The highest BCUT2D eigenvalue weighted by Gasteiger charge is 2.52. The number of benzene rings is 1. The molecule has 0 unspecified atom stereocenters. The molecule has 1 aromatic rings. The number of hydrogen-bond acceptors (Lipinski definition) is 7. The molecule has 2 amide bonds. The number of rotatable bonds is 9. The van der Waals surface area contributed by atoms with Crippen molar-refractivity contribution in [1.82, 2.24) is 10.6 Å². The summed E-state index contributed by atoms with van der Waals surface area (Å²) in [6, 6.07) is 3.31. The van der Waals surface area contributed by atoms with Crippen LogP contribution in [0.5, 0.6) is 11.5 Å². The average molecular weight is 599 g/mol. The van der Waals surface area contributed by atoms with Crippen LogP contribution in [0.3, 0.4) is 0 Å². The zero-order valence-corrected chi connectivity index (χ0v) is 26.7. The van der Waals surface area contributed by atoms with E-state index in [2.05, 4.69) is 17.6 Å². The molecule has 0 aliphatic heterocycles. The van der Waals surface area contributed by atoms with Gasteiger partial charge in [-0.15, -0.1) is 0 Å². The van der Waals surface area contributed by atoms with Gasteiger partial charge in [0.2, 0.25) is 5.91 Å². The molecule has 0 heterocycles. The summed E-state index contributed by atoms with van der Waals surface area (Å²) in [4.78, 5) is 39.8. The van der Waals surface area contributed by atoms with Gasteiger partial charge in [-0.3, -0.25) is 9.59 Å². The first-order valence-corrected chi connectivity index (χ1v) is 16.1. The van der Waals surface area contributed by atoms with Crippen LogP contribution in [0.15, 0.2) is 12.1 Å². The van der Waals surface area contributed by atoms with E-state index >= 15 is 0 Å². The van der Waals surface area contributed by atoms with Crippen molar-refractivity contribution < 1.29 is 33.7 Å². The first-order valence-electron chi connectivity index (χ1n) is 16.1. The molecular formula is C34H50N2O7. The summed E-state index contributed by atoms with van der Waals surface area (Å²) in [5, 5.41) is 17.4. The Morgan fingerprint density at radius 2 is 1.67 bits per heavy atom. The van der Waals surface area contributed by atoms with Crippen LogP contribution in [0, 0.1) is 30.1 Å². The fourth-order valence-electron chi connectivity index (χ4n) is 7.56. The van der Waals surface area contributed by atoms with E-state index in [1.807, 2.05) is 6.92 Å². The number of esters is 1. The van der Waals surface area contributed by atoms with E-state index in [0.29, 0.717) is 48.3 Å². The smallest absolute Gasteiger partial charge is 0.338 e. The van der Waals surface area contributed by atoms with E-state index in [0.717, 1.165) is 37.7 Å². The van der Waals surface area contributed by atoms with Gasteiger partial charge in [-0.25, -0.2) is 4.79 Å². The average Bonchev–Trinajstić information content (AvgIpc) is 3.54. The number of methoxy groups -OCH3 is 1. The predicted octanol–water partition coefficient (Wildman–Crippen LogP) is 4.85. The Bertz CT molecular complexity index is 1230. The lowest BCUT2D eigenvalue weighted by atomic mass is 9.70. The Labute approximate surface area is 255 Å². The molecule has 43 heavy (non-hydrogen) atoms. The van der Waals surface area contributed by atoms with E-state index in [1.165, 1.54) is 6.42 Å².